The predicted molar refractivity (Wildman–Crippen MR) is 83.9 cm³/mol. The van der Waals surface area contributed by atoms with E-state index < -0.39 is 25.9 Å². The quantitative estimate of drug-likeness (QED) is 0.570. The Balaban J connectivity index is 2.10. The molecule has 4 N–H and O–H groups in total. The van der Waals surface area contributed by atoms with Gasteiger partial charge in [0.05, 0.1) is 11.3 Å². The van der Waals surface area contributed by atoms with Gasteiger partial charge in [0, 0.05) is 11.3 Å². The van der Waals surface area contributed by atoms with E-state index in [2.05, 4.69) is 5.32 Å². The first-order chi connectivity index (χ1) is 10.1. The summed E-state index contributed by atoms with van der Waals surface area (Å²) in [5.74, 6) is -0.954. The van der Waals surface area contributed by atoms with E-state index >= 15 is 0 Å². The number of benzene rings is 1. The highest BCUT2D eigenvalue weighted by Crippen LogP contribution is 2.44. The van der Waals surface area contributed by atoms with Crippen LogP contribution in [0.15, 0.2) is 29.8 Å². The highest BCUT2D eigenvalue weighted by Gasteiger charge is 2.57. The van der Waals surface area contributed by atoms with Gasteiger partial charge >= 0.3 is 0 Å². The molecule has 0 spiro atoms. The van der Waals surface area contributed by atoms with Gasteiger partial charge in [-0.3, -0.25) is 5.41 Å². The van der Waals surface area contributed by atoms with E-state index in [1.165, 1.54) is 25.1 Å². The van der Waals surface area contributed by atoms with E-state index in [0.717, 1.165) is 5.57 Å². The molecule has 1 aromatic carbocycles. The molecule has 0 radical (unpaired) electrons. The second-order valence-corrected chi connectivity index (χ2v) is 8.63. The Morgan fingerprint density at radius 3 is 2.55 bits per heavy atom. The van der Waals surface area contributed by atoms with Gasteiger partial charge in [-0.25, -0.2) is 12.8 Å². The van der Waals surface area contributed by atoms with Gasteiger partial charge in [0.2, 0.25) is 0 Å². The van der Waals surface area contributed by atoms with E-state index in [1.807, 2.05) is 0 Å². The number of rotatable bonds is 2. The number of hydrogen-bond acceptors (Lipinski definition) is 4. The summed E-state index contributed by atoms with van der Waals surface area (Å²) in [5, 5.41) is 11.1. The Labute approximate surface area is 128 Å². The fourth-order valence-electron chi connectivity index (χ4n) is 3.02. The maximum Gasteiger partial charge on any atom is 0.169 e. The molecule has 1 fully saturated rings. The summed E-state index contributed by atoms with van der Waals surface area (Å²) in [6.07, 6.45) is 2.40. The Hall–Kier alpha value is -1.89. The van der Waals surface area contributed by atoms with Gasteiger partial charge < -0.3 is 11.1 Å². The van der Waals surface area contributed by atoms with Crippen molar-refractivity contribution in [2.75, 3.05) is 11.5 Å². The highest BCUT2D eigenvalue weighted by atomic mass is 32.2. The first-order valence-corrected chi connectivity index (χ1v) is 8.60. The van der Waals surface area contributed by atoms with Crippen molar-refractivity contribution < 1.29 is 12.8 Å². The van der Waals surface area contributed by atoms with Gasteiger partial charge in [0.15, 0.2) is 9.84 Å². The zero-order valence-corrected chi connectivity index (χ0v) is 13.2. The average molecular weight is 323 g/mol. The molecule has 0 saturated carbocycles. The van der Waals surface area contributed by atoms with Crippen molar-refractivity contribution in [2.24, 2.45) is 0 Å². The van der Waals surface area contributed by atoms with E-state index in [1.54, 1.807) is 13.0 Å². The van der Waals surface area contributed by atoms with Crippen LogP contribution in [0.4, 0.5) is 10.1 Å². The lowest BCUT2D eigenvalue weighted by Crippen LogP contribution is -2.65. The fraction of sp³-hybridized carbons (Fsp3) is 0.400. The maximum absolute atomic E-state index is 14.2. The summed E-state index contributed by atoms with van der Waals surface area (Å²) in [5.41, 5.74) is 5.71. The van der Waals surface area contributed by atoms with Crippen LogP contribution in [-0.4, -0.2) is 24.8 Å². The number of nitrogen functional groups attached to an aromatic ring is 1. The Morgan fingerprint density at radius 1 is 1.36 bits per heavy atom. The monoisotopic (exact) mass is 323 g/mol. The summed E-state index contributed by atoms with van der Waals surface area (Å²) in [6, 6.07) is 4.05. The van der Waals surface area contributed by atoms with Crippen molar-refractivity contribution in [3.05, 3.63) is 41.2 Å². The van der Waals surface area contributed by atoms with Crippen molar-refractivity contribution in [1.29, 1.82) is 5.41 Å². The molecule has 0 aromatic heterocycles. The molecule has 1 aliphatic carbocycles. The van der Waals surface area contributed by atoms with Crippen LogP contribution in [0.5, 0.6) is 0 Å². The zero-order chi connectivity index (χ0) is 16.3. The third-order valence-corrected chi connectivity index (χ3v) is 7.25. The van der Waals surface area contributed by atoms with Crippen molar-refractivity contribution in [3.63, 3.8) is 0 Å². The fourth-order valence-corrected chi connectivity index (χ4v) is 5.23. The lowest BCUT2D eigenvalue weighted by Gasteiger charge is -2.44. The first-order valence-electron chi connectivity index (χ1n) is 6.95. The minimum Gasteiger partial charge on any atom is -0.399 e. The molecule has 22 heavy (non-hydrogen) atoms. The molecule has 2 aliphatic rings. The molecule has 1 aromatic rings. The van der Waals surface area contributed by atoms with Crippen molar-refractivity contribution in [2.45, 2.75) is 30.6 Å². The molecule has 3 rings (SSSR count). The molecular weight excluding hydrogens is 305 g/mol. The third kappa shape index (κ3) is 1.95. The molecule has 0 amide bonds. The van der Waals surface area contributed by atoms with E-state index in [9.17, 15) is 12.8 Å². The third-order valence-electron chi connectivity index (χ3n) is 4.58. The van der Waals surface area contributed by atoms with E-state index in [-0.39, 0.29) is 17.2 Å². The highest BCUT2D eigenvalue weighted by molar-refractivity contribution is 7.94. The SMILES string of the molecule is C[C@@]1(C2=CC2)C(=N)N[C@](C)(c2cc(N)ccc2F)CS1(=O)=O. The first kappa shape index (κ1) is 15.0. The van der Waals surface area contributed by atoms with E-state index in [4.69, 9.17) is 11.1 Å². The minimum absolute atomic E-state index is 0.119. The van der Waals surface area contributed by atoms with Crippen LogP contribution in [0.25, 0.3) is 0 Å². The number of sulfone groups is 1. The molecule has 1 saturated heterocycles. The summed E-state index contributed by atoms with van der Waals surface area (Å²) < 4.78 is 38.4. The average Bonchev–Trinajstić information content (AvgIpc) is 3.22. The van der Waals surface area contributed by atoms with Gasteiger partial charge in [-0.1, -0.05) is 6.08 Å². The number of allylic oxidation sites excluding steroid dienone is 1. The van der Waals surface area contributed by atoms with Crippen molar-refractivity contribution >= 4 is 21.4 Å². The predicted octanol–water partition coefficient (Wildman–Crippen LogP) is 1.71. The minimum atomic E-state index is -3.66. The molecule has 2 atom stereocenters. The van der Waals surface area contributed by atoms with Gasteiger partial charge in [0.1, 0.15) is 16.4 Å². The Morgan fingerprint density at radius 2 is 2.00 bits per heavy atom. The van der Waals surface area contributed by atoms with Crippen LogP contribution in [0.1, 0.15) is 25.8 Å². The Bertz CT molecular complexity index is 818. The lowest BCUT2D eigenvalue weighted by molar-refractivity contribution is 0.426. The molecule has 1 heterocycles. The molecule has 0 unspecified atom stereocenters. The number of nitrogens with one attached hydrogen (secondary N) is 2. The van der Waals surface area contributed by atoms with Crippen molar-refractivity contribution in [3.8, 4) is 0 Å². The van der Waals surface area contributed by atoms with Gasteiger partial charge in [0.25, 0.3) is 0 Å². The number of hydrogen-bond donors (Lipinski definition) is 3. The second-order valence-electron chi connectivity index (χ2n) is 6.30. The van der Waals surface area contributed by atoms with Gasteiger partial charge in [-0.2, -0.15) is 0 Å². The summed E-state index contributed by atoms with van der Waals surface area (Å²) in [4.78, 5) is 0. The molecular formula is C15H18FN3O2S. The number of anilines is 1. The van der Waals surface area contributed by atoms with Crippen LogP contribution < -0.4 is 11.1 Å². The standard InChI is InChI=1S/C15H18FN3O2S/c1-14(11-7-10(17)5-6-12(11)16)8-22(20,21)15(2,9-3-4-9)13(18)19-14/h3,5-7H,4,8,17H2,1-2H3,(H2,18,19)/t14-,15+/m0/s1. The molecule has 0 bridgehead atoms. The van der Waals surface area contributed by atoms with Crippen molar-refractivity contribution in [1.82, 2.24) is 5.32 Å². The summed E-state index contributed by atoms with van der Waals surface area (Å²) in [6.45, 7) is 3.11. The van der Waals surface area contributed by atoms with Crippen LogP contribution >= 0.6 is 0 Å². The van der Waals surface area contributed by atoms with Gasteiger partial charge in [-0.05, 0) is 44.0 Å². The normalized spacial score (nSPS) is 33.0. The smallest absolute Gasteiger partial charge is 0.169 e. The number of halogens is 1. The zero-order valence-electron chi connectivity index (χ0n) is 12.4. The Kier molecular flexibility index (Phi) is 2.95. The van der Waals surface area contributed by atoms with Gasteiger partial charge in [-0.15, -0.1) is 0 Å². The summed E-state index contributed by atoms with van der Waals surface area (Å²) >= 11 is 0. The van der Waals surface area contributed by atoms with Crippen LogP contribution in [0.2, 0.25) is 0 Å². The lowest BCUT2D eigenvalue weighted by atomic mass is 9.91. The molecule has 118 valence electrons. The summed E-state index contributed by atoms with van der Waals surface area (Å²) in [7, 11) is -3.66. The second kappa shape index (κ2) is 4.32. The molecule has 7 heteroatoms. The molecule has 5 nitrogen and oxygen atoms in total. The topological polar surface area (TPSA) is 96.0 Å². The largest absolute Gasteiger partial charge is 0.399 e. The number of nitrogens with two attached hydrogens (primary N) is 1. The molecule has 1 aliphatic heterocycles. The van der Waals surface area contributed by atoms with Crippen LogP contribution in [-0.2, 0) is 15.4 Å². The maximum atomic E-state index is 14.2. The van der Waals surface area contributed by atoms with Crippen LogP contribution in [0, 0.1) is 11.2 Å². The van der Waals surface area contributed by atoms with E-state index in [0.29, 0.717) is 12.1 Å². The number of amidine groups is 1. The van der Waals surface area contributed by atoms with Crippen LogP contribution in [0.3, 0.4) is 0 Å².